The van der Waals surface area contributed by atoms with Crippen molar-refractivity contribution in [3.63, 3.8) is 0 Å². The molecule has 4 nitrogen and oxygen atoms in total. The van der Waals surface area contributed by atoms with Crippen molar-refractivity contribution in [2.24, 2.45) is 0 Å². The zero-order valence-corrected chi connectivity index (χ0v) is 5.79. The van der Waals surface area contributed by atoms with Gasteiger partial charge >= 0.3 is 5.97 Å². The Morgan fingerprint density at radius 2 is 2.40 bits per heavy atom. The maximum Gasteiger partial charge on any atom is 0.308 e. The van der Waals surface area contributed by atoms with E-state index < -0.39 is 11.6 Å². The highest BCUT2D eigenvalue weighted by Gasteiger charge is 2.38. The molecule has 0 aliphatic carbocycles. The Bertz CT molecular complexity index is 139. The Hall–Kier alpha value is -0.610. The molecular weight excluding hydrogens is 136 g/mol. The maximum atomic E-state index is 10.6. The molecule has 1 N–H and O–H groups in total. The van der Waals surface area contributed by atoms with Crippen molar-refractivity contribution in [2.45, 2.75) is 12.0 Å². The SMILES string of the molecule is COC(=O)CC1(O)COC1. The van der Waals surface area contributed by atoms with Crippen LogP contribution in [0.15, 0.2) is 0 Å². The van der Waals surface area contributed by atoms with Crippen molar-refractivity contribution in [3.05, 3.63) is 0 Å². The molecule has 0 atom stereocenters. The highest BCUT2D eigenvalue weighted by atomic mass is 16.5. The summed E-state index contributed by atoms with van der Waals surface area (Å²) >= 11 is 0. The molecule has 0 bridgehead atoms. The maximum absolute atomic E-state index is 10.6. The molecule has 0 spiro atoms. The van der Waals surface area contributed by atoms with Gasteiger partial charge in [-0.1, -0.05) is 0 Å². The van der Waals surface area contributed by atoms with Gasteiger partial charge in [0.1, 0.15) is 5.60 Å². The molecule has 0 amide bonds. The molecule has 1 rings (SSSR count). The molecule has 1 saturated heterocycles. The quantitative estimate of drug-likeness (QED) is 0.524. The number of esters is 1. The van der Waals surface area contributed by atoms with Crippen LogP contribution in [0.3, 0.4) is 0 Å². The van der Waals surface area contributed by atoms with E-state index >= 15 is 0 Å². The standard InChI is InChI=1S/C6H10O4/c1-9-5(7)2-6(8)3-10-4-6/h8H,2-4H2,1H3. The molecule has 0 aromatic carbocycles. The minimum Gasteiger partial charge on any atom is -0.469 e. The number of ether oxygens (including phenoxy) is 2. The number of rotatable bonds is 2. The van der Waals surface area contributed by atoms with E-state index in [0.717, 1.165) is 0 Å². The fraction of sp³-hybridized carbons (Fsp3) is 0.833. The van der Waals surface area contributed by atoms with Crippen LogP contribution >= 0.6 is 0 Å². The summed E-state index contributed by atoms with van der Waals surface area (Å²) in [5.74, 6) is -0.397. The van der Waals surface area contributed by atoms with Gasteiger partial charge in [0.15, 0.2) is 0 Å². The predicted octanol–water partition coefficient (Wildman–Crippen LogP) is -0.689. The van der Waals surface area contributed by atoms with Gasteiger partial charge in [-0.2, -0.15) is 0 Å². The number of hydrogen-bond acceptors (Lipinski definition) is 4. The smallest absolute Gasteiger partial charge is 0.308 e. The molecule has 1 fully saturated rings. The normalized spacial score (nSPS) is 21.4. The summed E-state index contributed by atoms with van der Waals surface area (Å²) in [7, 11) is 1.30. The molecule has 1 aliphatic rings. The lowest BCUT2D eigenvalue weighted by atomic mass is 9.98. The van der Waals surface area contributed by atoms with Crippen molar-refractivity contribution < 1.29 is 19.4 Å². The summed E-state index contributed by atoms with van der Waals surface area (Å²) in [4.78, 5) is 10.6. The Morgan fingerprint density at radius 3 is 2.70 bits per heavy atom. The molecule has 58 valence electrons. The van der Waals surface area contributed by atoms with Crippen LogP contribution < -0.4 is 0 Å². The fourth-order valence-corrected chi connectivity index (χ4v) is 0.781. The number of aliphatic hydroxyl groups is 1. The van der Waals surface area contributed by atoms with Crippen LogP contribution in [0.2, 0.25) is 0 Å². The Morgan fingerprint density at radius 1 is 1.80 bits per heavy atom. The number of methoxy groups -OCH3 is 1. The second-order valence-corrected chi connectivity index (χ2v) is 2.47. The first-order chi connectivity index (χ1) is 4.66. The third-order valence-electron chi connectivity index (χ3n) is 1.44. The van der Waals surface area contributed by atoms with Gasteiger partial charge in [-0.25, -0.2) is 0 Å². The lowest BCUT2D eigenvalue weighted by Gasteiger charge is -2.35. The second kappa shape index (κ2) is 2.56. The van der Waals surface area contributed by atoms with Crippen molar-refractivity contribution in [1.29, 1.82) is 0 Å². The van der Waals surface area contributed by atoms with Gasteiger partial charge in [0, 0.05) is 0 Å². The molecule has 0 aromatic heterocycles. The number of carbonyl (C=O) groups is 1. The van der Waals surface area contributed by atoms with Gasteiger partial charge in [0.25, 0.3) is 0 Å². The average molecular weight is 146 g/mol. The Balaban J connectivity index is 2.29. The van der Waals surface area contributed by atoms with Crippen LogP contribution in [-0.4, -0.2) is 37.0 Å². The highest BCUT2D eigenvalue weighted by molar-refractivity contribution is 5.70. The van der Waals surface area contributed by atoms with E-state index in [-0.39, 0.29) is 19.6 Å². The lowest BCUT2D eigenvalue weighted by molar-refractivity contribution is -0.191. The van der Waals surface area contributed by atoms with Crippen molar-refractivity contribution in [2.75, 3.05) is 20.3 Å². The van der Waals surface area contributed by atoms with E-state index in [4.69, 9.17) is 4.74 Å². The summed E-state index contributed by atoms with van der Waals surface area (Å²) in [6.07, 6.45) is 0.0312. The van der Waals surface area contributed by atoms with Crippen LogP contribution in [0.1, 0.15) is 6.42 Å². The Labute approximate surface area is 58.7 Å². The van der Waals surface area contributed by atoms with Gasteiger partial charge in [0.2, 0.25) is 0 Å². The van der Waals surface area contributed by atoms with E-state index in [1.54, 1.807) is 0 Å². The van der Waals surface area contributed by atoms with Crippen LogP contribution in [0.5, 0.6) is 0 Å². The van der Waals surface area contributed by atoms with E-state index in [1.807, 2.05) is 0 Å². The topological polar surface area (TPSA) is 55.8 Å². The van der Waals surface area contributed by atoms with Gasteiger partial charge in [-0.15, -0.1) is 0 Å². The Kier molecular flexibility index (Phi) is 1.92. The van der Waals surface area contributed by atoms with E-state index in [1.165, 1.54) is 7.11 Å². The van der Waals surface area contributed by atoms with Crippen molar-refractivity contribution >= 4 is 5.97 Å². The number of carbonyl (C=O) groups excluding carboxylic acids is 1. The monoisotopic (exact) mass is 146 g/mol. The molecular formula is C6H10O4. The minimum absolute atomic E-state index is 0.0312. The van der Waals surface area contributed by atoms with Crippen molar-refractivity contribution in [1.82, 2.24) is 0 Å². The fourth-order valence-electron chi connectivity index (χ4n) is 0.781. The summed E-state index contributed by atoms with van der Waals surface area (Å²) in [6.45, 7) is 0.476. The van der Waals surface area contributed by atoms with Crippen LogP contribution in [-0.2, 0) is 14.3 Å². The first kappa shape index (κ1) is 7.50. The average Bonchev–Trinajstić information content (AvgIpc) is 1.84. The first-order valence-electron chi connectivity index (χ1n) is 3.03. The van der Waals surface area contributed by atoms with E-state index in [9.17, 15) is 9.90 Å². The van der Waals surface area contributed by atoms with Gasteiger partial charge in [0.05, 0.1) is 26.7 Å². The molecule has 0 aromatic rings. The first-order valence-corrected chi connectivity index (χ1v) is 3.03. The summed E-state index contributed by atoms with van der Waals surface area (Å²) in [5.41, 5.74) is -0.951. The zero-order valence-electron chi connectivity index (χ0n) is 5.79. The van der Waals surface area contributed by atoms with Crippen molar-refractivity contribution in [3.8, 4) is 0 Å². The molecule has 4 heteroatoms. The predicted molar refractivity (Wildman–Crippen MR) is 32.4 cm³/mol. The van der Waals surface area contributed by atoms with Crippen LogP contribution in [0, 0.1) is 0 Å². The largest absolute Gasteiger partial charge is 0.469 e. The summed E-state index contributed by atoms with van der Waals surface area (Å²) < 4.78 is 9.09. The van der Waals surface area contributed by atoms with E-state index in [0.29, 0.717) is 0 Å². The zero-order chi connectivity index (χ0) is 7.61. The van der Waals surface area contributed by atoms with Gasteiger partial charge in [-0.3, -0.25) is 4.79 Å². The minimum atomic E-state index is -0.951. The van der Waals surface area contributed by atoms with E-state index in [2.05, 4.69) is 4.74 Å². The highest BCUT2D eigenvalue weighted by Crippen LogP contribution is 2.20. The van der Waals surface area contributed by atoms with Crippen LogP contribution in [0.4, 0.5) is 0 Å². The van der Waals surface area contributed by atoms with Crippen LogP contribution in [0.25, 0.3) is 0 Å². The summed E-state index contributed by atoms with van der Waals surface area (Å²) in [5, 5.41) is 9.29. The summed E-state index contributed by atoms with van der Waals surface area (Å²) in [6, 6.07) is 0. The molecule has 1 aliphatic heterocycles. The molecule has 1 heterocycles. The molecule has 10 heavy (non-hydrogen) atoms. The number of hydrogen-bond donors (Lipinski definition) is 1. The molecule has 0 saturated carbocycles. The third-order valence-corrected chi connectivity index (χ3v) is 1.44. The second-order valence-electron chi connectivity index (χ2n) is 2.47. The molecule has 0 radical (unpaired) electrons. The van der Waals surface area contributed by atoms with Gasteiger partial charge in [-0.05, 0) is 0 Å². The molecule has 0 unspecified atom stereocenters. The third kappa shape index (κ3) is 1.46. The lowest BCUT2D eigenvalue weighted by Crippen LogP contribution is -2.51. The van der Waals surface area contributed by atoms with Gasteiger partial charge < -0.3 is 14.6 Å².